The molecule has 7 heteroatoms. The molecule has 0 atom stereocenters. The van der Waals surface area contributed by atoms with E-state index in [9.17, 15) is 9.18 Å². The van der Waals surface area contributed by atoms with E-state index in [1.54, 1.807) is 12.1 Å². The molecule has 0 spiro atoms. The molecule has 2 aromatic carbocycles. The van der Waals surface area contributed by atoms with Gasteiger partial charge in [0.1, 0.15) is 12.4 Å². The first kappa shape index (κ1) is 23.1. The third-order valence-corrected chi connectivity index (χ3v) is 4.82. The normalized spacial score (nSPS) is 13.3. The van der Waals surface area contributed by atoms with Gasteiger partial charge in [-0.2, -0.15) is 0 Å². The number of rotatable bonds is 6. The molecule has 2 N–H and O–H groups in total. The number of aliphatic imine (C=N–C) groups is 1. The number of benzene rings is 2. The van der Waals surface area contributed by atoms with Crippen molar-refractivity contribution in [1.82, 2.24) is 15.5 Å². The molecule has 0 radical (unpaired) electrons. The van der Waals surface area contributed by atoms with Crippen molar-refractivity contribution >= 4 is 35.8 Å². The first-order valence-corrected chi connectivity index (χ1v) is 9.77. The summed E-state index contributed by atoms with van der Waals surface area (Å²) < 4.78 is 13.0. The third-order valence-electron chi connectivity index (χ3n) is 4.82. The summed E-state index contributed by atoms with van der Waals surface area (Å²) in [6, 6.07) is 14.7. The summed E-state index contributed by atoms with van der Waals surface area (Å²) >= 11 is 0. The molecule has 3 rings (SSSR count). The topological polar surface area (TPSA) is 56.7 Å². The second-order valence-corrected chi connectivity index (χ2v) is 6.83. The van der Waals surface area contributed by atoms with Gasteiger partial charge < -0.3 is 15.5 Å². The van der Waals surface area contributed by atoms with Gasteiger partial charge >= 0.3 is 0 Å². The zero-order valence-corrected chi connectivity index (χ0v) is 19.0. The summed E-state index contributed by atoms with van der Waals surface area (Å²) in [6.45, 7) is 4.87. The number of amides is 1. The van der Waals surface area contributed by atoms with E-state index in [0.717, 1.165) is 24.9 Å². The minimum Gasteiger partial charge on any atom is -0.357 e. The molecule has 0 fully saturated rings. The van der Waals surface area contributed by atoms with Gasteiger partial charge in [-0.15, -0.1) is 24.0 Å². The van der Waals surface area contributed by atoms with Crippen LogP contribution in [0.5, 0.6) is 0 Å². The predicted molar refractivity (Wildman–Crippen MR) is 125 cm³/mol. The van der Waals surface area contributed by atoms with E-state index < -0.39 is 0 Å². The first-order valence-electron chi connectivity index (χ1n) is 9.77. The Hall–Kier alpha value is -2.16. The quantitative estimate of drug-likeness (QED) is 0.357. The molecule has 29 heavy (non-hydrogen) atoms. The van der Waals surface area contributed by atoms with Gasteiger partial charge in [0.25, 0.3) is 0 Å². The fourth-order valence-corrected chi connectivity index (χ4v) is 3.27. The molecule has 1 amide bonds. The molecule has 0 bridgehead atoms. The van der Waals surface area contributed by atoms with Crippen molar-refractivity contribution in [3.05, 3.63) is 71.0 Å². The Labute approximate surface area is 188 Å². The standard InChI is InChI=1S/C22H27FN4O.HI/c1-2-24-22(25-13-11-17-7-9-20(23)10-8-17)26-15-21(28)27-14-12-18-5-3-4-6-19(18)16-27;/h3-10H,2,11-16H2,1H3,(H2,24,25,26);1H. The molecule has 1 aliphatic heterocycles. The number of carbonyl (C=O) groups is 1. The van der Waals surface area contributed by atoms with Crippen molar-refractivity contribution in [2.45, 2.75) is 26.3 Å². The van der Waals surface area contributed by atoms with E-state index in [1.807, 2.05) is 24.0 Å². The van der Waals surface area contributed by atoms with Crippen LogP contribution in [-0.2, 0) is 24.2 Å². The number of hydrogen-bond donors (Lipinski definition) is 2. The zero-order chi connectivity index (χ0) is 19.8. The van der Waals surface area contributed by atoms with E-state index >= 15 is 0 Å². The zero-order valence-electron chi connectivity index (χ0n) is 16.7. The minimum atomic E-state index is -0.231. The largest absolute Gasteiger partial charge is 0.357 e. The highest BCUT2D eigenvalue weighted by molar-refractivity contribution is 14.0. The van der Waals surface area contributed by atoms with Crippen LogP contribution < -0.4 is 10.6 Å². The smallest absolute Gasteiger partial charge is 0.244 e. The van der Waals surface area contributed by atoms with Gasteiger partial charge in [-0.1, -0.05) is 36.4 Å². The molecule has 0 saturated carbocycles. The second kappa shape index (κ2) is 11.7. The van der Waals surface area contributed by atoms with Crippen molar-refractivity contribution < 1.29 is 9.18 Å². The van der Waals surface area contributed by atoms with Gasteiger partial charge in [0.05, 0.1) is 0 Å². The lowest BCUT2D eigenvalue weighted by molar-refractivity contribution is -0.130. The maximum Gasteiger partial charge on any atom is 0.244 e. The highest BCUT2D eigenvalue weighted by atomic mass is 127. The van der Waals surface area contributed by atoms with Crippen LogP contribution in [0.3, 0.4) is 0 Å². The maximum absolute atomic E-state index is 13.0. The molecule has 0 aliphatic carbocycles. The van der Waals surface area contributed by atoms with Crippen LogP contribution in [0.2, 0.25) is 0 Å². The SMILES string of the molecule is CCNC(=NCC(=O)N1CCc2ccccc2C1)NCCc1ccc(F)cc1.I. The molecule has 1 aliphatic rings. The molecular weight excluding hydrogens is 482 g/mol. The third kappa shape index (κ3) is 6.99. The summed E-state index contributed by atoms with van der Waals surface area (Å²) in [5.74, 6) is 0.422. The monoisotopic (exact) mass is 510 g/mol. The Balaban J connectivity index is 0.00000300. The Morgan fingerprint density at radius 3 is 2.55 bits per heavy atom. The molecule has 156 valence electrons. The molecule has 5 nitrogen and oxygen atoms in total. The molecule has 0 unspecified atom stereocenters. The number of nitrogens with zero attached hydrogens (tertiary/aromatic N) is 2. The van der Waals surface area contributed by atoms with Crippen LogP contribution in [0.4, 0.5) is 4.39 Å². The number of fused-ring (bicyclic) bond motifs is 1. The van der Waals surface area contributed by atoms with Crippen molar-refractivity contribution in [3.63, 3.8) is 0 Å². The fourth-order valence-electron chi connectivity index (χ4n) is 3.27. The molecule has 1 heterocycles. The summed E-state index contributed by atoms with van der Waals surface area (Å²) in [7, 11) is 0. The number of nitrogens with one attached hydrogen (secondary N) is 2. The van der Waals surface area contributed by atoms with Crippen LogP contribution in [0, 0.1) is 5.82 Å². The highest BCUT2D eigenvalue weighted by Crippen LogP contribution is 2.18. The summed E-state index contributed by atoms with van der Waals surface area (Å²) in [5, 5.41) is 6.39. The van der Waals surface area contributed by atoms with Crippen molar-refractivity contribution in [1.29, 1.82) is 0 Å². The van der Waals surface area contributed by atoms with Gasteiger partial charge in [0, 0.05) is 26.2 Å². The molecule has 2 aromatic rings. The Bertz CT molecular complexity index is 826. The van der Waals surface area contributed by atoms with Crippen molar-refractivity contribution in [2.24, 2.45) is 4.99 Å². The Morgan fingerprint density at radius 1 is 1.10 bits per heavy atom. The molecular formula is C22H28FIN4O. The van der Waals surface area contributed by atoms with E-state index in [1.165, 1.54) is 23.3 Å². The summed E-state index contributed by atoms with van der Waals surface area (Å²) in [4.78, 5) is 18.9. The van der Waals surface area contributed by atoms with Gasteiger partial charge in [-0.05, 0) is 48.6 Å². The van der Waals surface area contributed by atoms with Gasteiger partial charge in [0.15, 0.2) is 5.96 Å². The predicted octanol–water partition coefficient (Wildman–Crippen LogP) is 3.13. The van der Waals surface area contributed by atoms with Crippen LogP contribution in [0.25, 0.3) is 0 Å². The van der Waals surface area contributed by atoms with E-state index in [0.29, 0.717) is 25.6 Å². The van der Waals surface area contributed by atoms with E-state index in [4.69, 9.17) is 0 Å². The number of halogens is 2. The second-order valence-electron chi connectivity index (χ2n) is 6.83. The van der Waals surface area contributed by atoms with Gasteiger partial charge in [-0.3, -0.25) is 4.79 Å². The van der Waals surface area contributed by atoms with Crippen molar-refractivity contribution in [2.75, 3.05) is 26.2 Å². The fraction of sp³-hybridized carbons (Fsp3) is 0.364. The highest BCUT2D eigenvalue weighted by Gasteiger charge is 2.19. The number of guanidine groups is 1. The summed E-state index contributed by atoms with van der Waals surface area (Å²) in [5.41, 5.74) is 3.59. The maximum atomic E-state index is 13.0. The Kier molecular flexibility index (Phi) is 9.37. The molecule has 0 saturated heterocycles. The van der Waals surface area contributed by atoms with E-state index in [-0.39, 0.29) is 42.2 Å². The Morgan fingerprint density at radius 2 is 1.83 bits per heavy atom. The minimum absolute atomic E-state index is 0. The molecule has 0 aromatic heterocycles. The van der Waals surface area contributed by atoms with Gasteiger partial charge in [-0.25, -0.2) is 9.38 Å². The average Bonchev–Trinajstić information content (AvgIpc) is 2.72. The van der Waals surface area contributed by atoms with Crippen LogP contribution in [0.1, 0.15) is 23.6 Å². The van der Waals surface area contributed by atoms with Gasteiger partial charge in [0.2, 0.25) is 5.91 Å². The van der Waals surface area contributed by atoms with Crippen LogP contribution >= 0.6 is 24.0 Å². The number of hydrogen-bond acceptors (Lipinski definition) is 2. The van der Waals surface area contributed by atoms with E-state index in [2.05, 4.69) is 27.8 Å². The lowest BCUT2D eigenvalue weighted by atomic mass is 10.00. The van der Waals surface area contributed by atoms with Crippen LogP contribution in [-0.4, -0.2) is 42.9 Å². The van der Waals surface area contributed by atoms with Crippen LogP contribution in [0.15, 0.2) is 53.5 Å². The lowest BCUT2D eigenvalue weighted by Crippen LogP contribution is -2.41. The lowest BCUT2D eigenvalue weighted by Gasteiger charge is -2.28. The van der Waals surface area contributed by atoms with Crippen molar-refractivity contribution in [3.8, 4) is 0 Å². The average molecular weight is 510 g/mol. The summed E-state index contributed by atoms with van der Waals surface area (Å²) in [6.07, 6.45) is 1.64. The first-order chi connectivity index (χ1) is 13.7. The number of carbonyl (C=O) groups excluding carboxylic acids is 1.